The molecule has 1 heterocycles. The summed E-state index contributed by atoms with van der Waals surface area (Å²) in [5, 5.41) is 42.7. The van der Waals surface area contributed by atoms with Gasteiger partial charge in [0.25, 0.3) is 0 Å². The quantitative estimate of drug-likeness (QED) is 0.0840. The Kier molecular flexibility index (Phi) is 19.2. The molecule has 17 heteroatoms. The monoisotopic (exact) mass is 644 g/mol. The van der Waals surface area contributed by atoms with Crippen LogP contribution in [0.3, 0.4) is 0 Å². The van der Waals surface area contributed by atoms with E-state index in [9.17, 15) is 54.0 Å². The van der Waals surface area contributed by atoms with Crippen LogP contribution in [0.15, 0.2) is 0 Å². The molecule has 0 aromatic rings. The molecule has 256 valence electrons. The summed E-state index contributed by atoms with van der Waals surface area (Å²) in [7, 11) is 0. The van der Waals surface area contributed by atoms with E-state index in [4.69, 9.17) is 0 Å². The lowest BCUT2D eigenvalue weighted by Gasteiger charge is -2.33. The number of nitrogens with one attached hydrogen (secondary N) is 2. The number of unbranched alkanes of at least 4 members (excludes halogenated alkanes) is 2. The van der Waals surface area contributed by atoms with Crippen molar-refractivity contribution >= 4 is 41.5 Å². The van der Waals surface area contributed by atoms with Gasteiger partial charge in [0.05, 0.1) is 26.2 Å². The minimum Gasteiger partial charge on any atom is -0.480 e. The highest BCUT2D eigenvalue weighted by molar-refractivity contribution is 5.85. The molecule has 1 rings (SSSR count). The van der Waals surface area contributed by atoms with Crippen LogP contribution in [-0.2, 0) is 33.6 Å². The van der Waals surface area contributed by atoms with Gasteiger partial charge < -0.3 is 35.9 Å². The maximum Gasteiger partial charge on any atom is 0.326 e. The second kappa shape index (κ2) is 21.9. The largest absolute Gasteiger partial charge is 0.480 e. The number of Topliss-reactive ketones (excluding diaryl/α,β-unsaturated/α-hetero) is 1. The van der Waals surface area contributed by atoms with E-state index in [2.05, 4.69) is 10.6 Å². The first-order valence-corrected chi connectivity index (χ1v) is 15.1. The molecule has 45 heavy (non-hydrogen) atoms. The topological polar surface area (TPSA) is 237 Å². The lowest BCUT2D eigenvalue weighted by molar-refractivity contribution is -0.142. The molecule has 0 unspecified atom stereocenters. The fourth-order valence-electron chi connectivity index (χ4n) is 4.75. The van der Waals surface area contributed by atoms with E-state index >= 15 is 0 Å². The molecule has 0 aliphatic carbocycles. The standard InChI is InChI=1S/C28H48N6O11/c1-21(35)5-3-2-4-8-29-23(36)7-6-22(28(44)45)30-24(37)17-31-9-11-32(18-25(38)39)13-15-34(20-27(42)43)16-14-33(12-10-31)19-26(40)41/h22H,2-20H2,1H3,(H,29,36)(H,30,37)(H,38,39)(H,40,41)(H,42,43)(H,44,45)/t22-/m0/s1. The molecule has 0 aromatic heterocycles. The second-order valence-electron chi connectivity index (χ2n) is 11.1. The van der Waals surface area contributed by atoms with Crippen LogP contribution >= 0.6 is 0 Å². The van der Waals surface area contributed by atoms with E-state index < -0.39 is 35.8 Å². The number of amides is 2. The Bertz CT molecular complexity index is 979. The zero-order valence-corrected chi connectivity index (χ0v) is 25.9. The normalized spacial score (nSPS) is 16.9. The average Bonchev–Trinajstić information content (AvgIpc) is 2.93. The van der Waals surface area contributed by atoms with Gasteiger partial charge >= 0.3 is 23.9 Å². The third-order valence-corrected chi connectivity index (χ3v) is 7.19. The first-order chi connectivity index (χ1) is 21.2. The molecule has 0 aromatic carbocycles. The van der Waals surface area contributed by atoms with E-state index in [1.54, 1.807) is 19.6 Å². The van der Waals surface area contributed by atoms with Crippen molar-refractivity contribution in [1.29, 1.82) is 0 Å². The van der Waals surface area contributed by atoms with Crippen LogP contribution in [0, 0.1) is 0 Å². The van der Waals surface area contributed by atoms with Crippen LogP contribution in [0.2, 0.25) is 0 Å². The summed E-state index contributed by atoms with van der Waals surface area (Å²) < 4.78 is 0. The van der Waals surface area contributed by atoms with Crippen molar-refractivity contribution in [1.82, 2.24) is 30.2 Å². The van der Waals surface area contributed by atoms with Gasteiger partial charge in [-0.15, -0.1) is 0 Å². The molecule has 1 aliphatic heterocycles. The number of nitrogens with zero attached hydrogens (tertiary/aromatic N) is 4. The molecule has 0 spiro atoms. The number of carboxylic acids is 4. The van der Waals surface area contributed by atoms with Crippen LogP contribution in [0.25, 0.3) is 0 Å². The fraction of sp³-hybridized carbons (Fsp3) is 0.750. The van der Waals surface area contributed by atoms with Crippen LogP contribution < -0.4 is 10.6 Å². The second-order valence-corrected chi connectivity index (χ2v) is 11.1. The predicted octanol–water partition coefficient (Wildman–Crippen LogP) is -1.92. The third-order valence-electron chi connectivity index (χ3n) is 7.19. The van der Waals surface area contributed by atoms with E-state index in [-0.39, 0.29) is 103 Å². The number of rotatable bonds is 19. The van der Waals surface area contributed by atoms with Gasteiger partial charge in [-0.25, -0.2) is 4.79 Å². The van der Waals surface area contributed by atoms with Crippen molar-refractivity contribution in [2.75, 3.05) is 85.1 Å². The van der Waals surface area contributed by atoms with E-state index in [0.29, 0.717) is 19.4 Å². The molecule has 6 N–H and O–H groups in total. The van der Waals surface area contributed by atoms with E-state index in [1.165, 1.54) is 6.92 Å². The summed E-state index contributed by atoms with van der Waals surface area (Å²) in [5.74, 6) is -5.40. The Balaban J connectivity index is 2.80. The van der Waals surface area contributed by atoms with Crippen molar-refractivity contribution in [3.8, 4) is 0 Å². The van der Waals surface area contributed by atoms with Crippen molar-refractivity contribution in [3.05, 3.63) is 0 Å². The Morgan fingerprint density at radius 3 is 1.38 bits per heavy atom. The molecule has 1 saturated heterocycles. The van der Waals surface area contributed by atoms with E-state index in [1.807, 2.05) is 0 Å². The predicted molar refractivity (Wildman–Crippen MR) is 160 cm³/mol. The van der Waals surface area contributed by atoms with Crippen LogP contribution in [0.1, 0.15) is 45.4 Å². The van der Waals surface area contributed by atoms with Gasteiger partial charge in [-0.3, -0.25) is 43.6 Å². The minimum atomic E-state index is -1.32. The number of hydrogen-bond donors (Lipinski definition) is 6. The van der Waals surface area contributed by atoms with Gasteiger partial charge in [-0.1, -0.05) is 6.42 Å². The molecule has 0 saturated carbocycles. The molecule has 0 bridgehead atoms. The summed E-state index contributed by atoms with van der Waals surface area (Å²) in [6, 6.07) is -1.32. The van der Waals surface area contributed by atoms with Gasteiger partial charge in [0, 0.05) is 71.7 Å². The minimum absolute atomic E-state index is 0.107. The first kappa shape index (κ1) is 39.4. The van der Waals surface area contributed by atoms with Gasteiger partial charge in [0.2, 0.25) is 11.8 Å². The average molecular weight is 645 g/mol. The zero-order valence-electron chi connectivity index (χ0n) is 25.9. The number of aliphatic carboxylic acids is 4. The first-order valence-electron chi connectivity index (χ1n) is 15.1. The van der Waals surface area contributed by atoms with Crippen LogP contribution in [0.4, 0.5) is 0 Å². The van der Waals surface area contributed by atoms with Crippen LogP contribution in [0.5, 0.6) is 0 Å². The molecule has 17 nitrogen and oxygen atoms in total. The van der Waals surface area contributed by atoms with Gasteiger partial charge in [-0.05, 0) is 26.2 Å². The molecule has 1 atom stereocenters. The lowest BCUT2D eigenvalue weighted by Crippen LogP contribution is -2.51. The van der Waals surface area contributed by atoms with Gasteiger partial charge in [-0.2, -0.15) is 0 Å². The lowest BCUT2D eigenvalue weighted by atomic mass is 10.1. The number of ketones is 1. The SMILES string of the molecule is CC(=O)CCCCCNC(=O)CC[C@H](NC(=O)CN1CCN(CC(=O)O)CCN(CC(=O)O)CCN(CC(=O)O)CC1)C(=O)O. The highest BCUT2D eigenvalue weighted by atomic mass is 16.4. The summed E-state index contributed by atoms with van der Waals surface area (Å²) in [4.78, 5) is 88.6. The smallest absolute Gasteiger partial charge is 0.326 e. The highest BCUT2D eigenvalue weighted by Gasteiger charge is 2.24. The highest BCUT2D eigenvalue weighted by Crippen LogP contribution is 2.04. The van der Waals surface area contributed by atoms with E-state index in [0.717, 1.165) is 12.8 Å². The molecule has 1 fully saturated rings. The Labute approximate surface area is 262 Å². The Morgan fingerprint density at radius 1 is 0.578 bits per heavy atom. The molecule has 1 aliphatic rings. The number of carboxylic acid groups (broad SMARTS) is 4. The summed E-state index contributed by atoms with van der Waals surface area (Å²) in [6.07, 6.45) is 2.41. The summed E-state index contributed by atoms with van der Waals surface area (Å²) in [6.45, 7) is 2.47. The fourth-order valence-corrected chi connectivity index (χ4v) is 4.75. The van der Waals surface area contributed by atoms with Crippen molar-refractivity contribution in [3.63, 3.8) is 0 Å². The van der Waals surface area contributed by atoms with Crippen molar-refractivity contribution in [2.45, 2.75) is 51.5 Å². The van der Waals surface area contributed by atoms with Crippen molar-refractivity contribution in [2.24, 2.45) is 0 Å². The maximum atomic E-state index is 12.9. The molecular weight excluding hydrogens is 596 g/mol. The number of carbonyl (C=O) groups is 7. The van der Waals surface area contributed by atoms with Gasteiger partial charge in [0.1, 0.15) is 11.8 Å². The van der Waals surface area contributed by atoms with Crippen LogP contribution in [-0.4, -0.2) is 173 Å². The zero-order chi connectivity index (χ0) is 33.8. The van der Waals surface area contributed by atoms with Gasteiger partial charge in [0.15, 0.2) is 0 Å². The molecular formula is C28H48N6O11. The number of hydrogen-bond acceptors (Lipinski definition) is 11. The Hall–Kier alpha value is -3.67. The maximum absolute atomic E-state index is 12.9. The third kappa shape index (κ3) is 20.1. The summed E-state index contributed by atoms with van der Waals surface area (Å²) in [5.41, 5.74) is 0. The van der Waals surface area contributed by atoms with Crippen molar-refractivity contribution < 1.29 is 54.0 Å². The number of carbonyl (C=O) groups excluding carboxylic acids is 3. The summed E-state index contributed by atoms with van der Waals surface area (Å²) >= 11 is 0. The molecule has 0 radical (unpaired) electrons. The molecule has 2 amide bonds. The Morgan fingerprint density at radius 2 is 1.00 bits per heavy atom.